The summed E-state index contributed by atoms with van der Waals surface area (Å²) < 4.78 is 26.2. The minimum Gasteiger partial charge on any atom is -0.323 e. The van der Waals surface area contributed by atoms with E-state index < -0.39 is 17.5 Å². The first kappa shape index (κ1) is 17.1. The number of hydrogen-bond acceptors (Lipinski definition) is 4. The lowest BCUT2D eigenvalue weighted by Gasteiger charge is -2.08. The van der Waals surface area contributed by atoms with Crippen molar-refractivity contribution in [1.82, 2.24) is 9.97 Å². The van der Waals surface area contributed by atoms with Crippen molar-refractivity contribution >= 4 is 23.4 Å². The Hall–Kier alpha value is -2.22. The van der Waals surface area contributed by atoms with Gasteiger partial charge in [-0.2, -0.15) is 0 Å². The topological polar surface area (TPSA) is 74.8 Å². The molecule has 122 valence electrons. The molecule has 0 aliphatic rings. The van der Waals surface area contributed by atoms with Crippen molar-refractivity contribution in [2.24, 2.45) is 0 Å². The summed E-state index contributed by atoms with van der Waals surface area (Å²) in [7, 11) is 0. The van der Waals surface area contributed by atoms with Crippen LogP contribution in [0.15, 0.2) is 34.2 Å². The third-order valence-electron chi connectivity index (χ3n) is 2.88. The average molecular weight is 339 g/mol. The molecule has 0 saturated carbocycles. The quantitative estimate of drug-likeness (QED) is 0.649. The summed E-state index contributed by atoms with van der Waals surface area (Å²) in [6.45, 7) is 3.81. The predicted molar refractivity (Wildman–Crippen MR) is 84.7 cm³/mol. The Balaban J connectivity index is 2.00. The fourth-order valence-electron chi connectivity index (χ4n) is 1.73. The number of carbonyl (C=O) groups excluding carboxylic acids is 1. The van der Waals surface area contributed by atoms with E-state index in [0.717, 1.165) is 23.9 Å². The maximum Gasteiger partial charge on any atom is 0.251 e. The van der Waals surface area contributed by atoms with E-state index in [9.17, 15) is 18.4 Å². The molecule has 0 atom stereocenters. The highest BCUT2D eigenvalue weighted by Crippen LogP contribution is 2.18. The number of rotatable bonds is 5. The third-order valence-corrected chi connectivity index (χ3v) is 3.75. The summed E-state index contributed by atoms with van der Waals surface area (Å²) in [5, 5.41) is 2.65. The molecule has 0 aliphatic carbocycles. The number of nitrogens with zero attached hydrogens (tertiary/aromatic N) is 1. The summed E-state index contributed by atoms with van der Waals surface area (Å²) in [6.07, 6.45) is 0. The SMILES string of the molecule is CC(C)c1cc(=O)[nH]c(SCC(=O)Nc2ccc(F)cc2F)n1. The Labute approximate surface area is 135 Å². The zero-order valence-electron chi connectivity index (χ0n) is 12.5. The van der Waals surface area contributed by atoms with Crippen LogP contribution in [0.5, 0.6) is 0 Å². The number of hydrogen-bond donors (Lipinski definition) is 2. The highest BCUT2D eigenvalue weighted by Gasteiger charge is 2.11. The van der Waals surface area contributed by atoms with E-state index in [-0.39, 0.29) is 22.9 Å². The van der Waals surface area contributed by atoms with Crippen molar-refractivity contribution in [2.45, 2.75) is 24.9 Å². The predicted octanol–water partition coefficient (Wildman–Crippen LogP) is 2.90. The highest BCUT2D eigenvalue weighted by atomic mass is 32.2. The van der Waals surface area contributed by atoms with Gasteiger partial charge in [0.25, 0.3) is 5.56 Å². The molecule has 2 rings (SSSR count). The number of benzene rings is 1. The van der Waals surface area contributed by atoms with Crippen molar-refractivity contribution in [3.8, 4) is 0 Å². The summed E-state index contributed by atoms with van der Waals surface area (Å²) in [6, 6.07) is 4.29. The number of H-pyrrole nitrogens is 1. The van der Waals surface area contributed by atoms with E-state index in [0.29, 0.717) is 16.9 Å². The van der Waals surface area contributed by atoms with Crippen molar-refractivity contribution in [2.75, 3.05) is 11.1 Å². The van der Waals surface area contributed by atoms with E-state index in [2.05, 4.69) is 15.3 Å². The van der Waals surface area contributed by atoms with Crippen molar-refractivity contribution in [3.05, 3.63) is 51.9 Å². The van der Waals surface area contributed by atoms with Gasteiger partial charge in [-0.3, -0.25) is 9.59 Å². The van der Waals surface area contributed by atoms with Gasteiger partial charge in [0.15, 0.2) is 5.16 Å². The van der Waals surface area contributed by atoms with Gasteiger partial charge in [0, 0.05) is 12.1 Å². The normalized spacial score (nSPS) is 10.8. The number of anilines is 1. The van der Waals surface area contributed by atoms with Gasteiger partial charge in [0.05, 0.1) is 17.1 Å². The van der Waals surface area contributed by atoms with Gasteiger partial charge in [-0.25, -0.2) is 13.8 Å². The molecule has 0 aliphatic heterocycles. The number of amides is 1. The molecule has 1 heterocycles. The van der Waals surface area contributed by atoms with Crippen molar-refractivity contribution in [1.29, 1.82) is 0 Å². The van der Waals surface area contributed by atoms with Gasteiger partial charge < -0.3 is 10.3 Å². The first-order valence-corrected chi connectivity index (χ1v) is 7.82. The summed E-state index contributed by atoms with van der Waals surface area (Å²) in [5.74, 6) is -2.04. The molecule has 0 radical (unpaired) electrons. The first-order valence-electron chi connectivity index (χ1n) is 6.84. The van der Waals surface area contributed by atoms with E-state index in [4.69, 9.17) is 0 Å². The molecule has 8 heteroatoms. The molecular formula is C15H15F2N3O2S. The van der Waals surface area contributed by atoms with E-state index >= 15 is 0 Å². The molecule has 0 saturated heterocycles. The Morgan fingerprint density at radius 1 is 1.35 bits per heavy atom. The van der Waals surface area contributed by atoms with E-state index in [1.165, 1.54) is 6.07 Å². The third kappa shape index (κ3) is 4.88. The van der Waals surface area contributed by atoms with Crippen LogP contribution in [0.4, 0.5) is 14.5 Å². The fraction of sp³-hybridized carbons (Fsp3) is 0.267. The lowest BCUT2D eigenvalue weighted by atomic mass is 10.1. The Morgan fingerprint density at radius 3 is 2.74 bits per heavy atom. The molecule has 0 fully saturated rings. The minimum atomic E-state index is -0.850. The van der Waals surface area contributed by atoms with Gasteiger partial charge in [-0.1, -0.05) is 25.6 Å². The van der Waals surface area contributed by atoms with Gasteiger partial charge in [0.1, 0.15) is 11.6 Å². The van der Waals surface area contributed by atoms with Gasteiger partial charge in [-0.05, 0) is 18.1 Å². The molecule has 0 spiro atoms. The fourth-order valence-corrected chi connectivity index (χ4v) is 2.41. The second kappa shape index (κ2) is 7.36. The van der Waals surface area contributed by atoms with Crippen LogP contribution in [-0.4, -0.2) is 21.6 Å². The molecule has 5 nitrogen and oxygen atoms in total. The number of thioether (sulfide) groups is 1. The molecule has 0 bridgehead atoms. The smallest absolute Gasteiger partial charge is 0.251 e. The Bertz CT molecular complexity index is 778. The zero-order valence-corrected chi connectivity index (χ0v) is 13.3. The second-order valence-corrected chi connectivity index (χ2v) is 6.06. The van der Waals surface area contributed by atoms with Crippen LogP contribution in [0.2, 0.25) is 0 Å². The molecule has 1 aromatic heterocycles. The van der Waals surface area contributed by atoms with Crippen LogP contribution < -0.4 is 10.9 Å². The molecule has 23 heavy (non-hydrogen) atoms. The van der Waals surface area contributed by atoms with Crippen LogP contribution >= 0.6 is 11.8 Å². The second-order valence-electron chi connectivity index (χ2n) is 5.09. The lowest BCUT2D eigenvalue weighted by molar-refractivity contribution is -0.113. The minimum absolute atomic E-state index is 0.0681. The van der Waals surface area contributed by atoms with Crippen LogP contribution in [0.3, 0.4) is 0 Å². The van der Waals surface area contributed by atoms with E-state index in [1.54, 1.807) is 0 Å². The number of nitrogens with one attached hydrogen (secondary N) is 2. The van der Waals surface area contributed by atoms with Crippen LogP contribution in [0, 0.1) is 11.6 Å². The summed E-state index contributed by atoms with van der Waals surface area (Å²) in [4.78, 5) is 30.1. The zero-order chi connectivity index (χ0) is 17.0. The molecule has 0 unspecified atom stereocenters. The van der Waals surface area contributed by atoms with Crippen molar-refractivity contribution in [3.63, 3.8) is 0 Å². The first-order chi connectivity index (χ1) is 10.8. The molecular weight excluding hydrogens is 324 g/mol. The number of halogens is 2. The van der Waals surface area contributed by atoms with Crippen molar-refractivity contribution < 1.29 is 13.6 Å². The number of carbonyl (C=O) groups is 1. The standard InChI is InChI=1S/C15H15F2N3O2S/c1-8(2)12-6-13(21)20-15(19-12)23-7-14(22)18-11-4-3-9(16)5-10(11)17/h3-6,8H,7H2,1-2H3,(H,18,22)(H,19,20,21). The largest absolute Gasteiger partial charge is 0.323 e. The molecule has 1 aromatic carbocycles. The van der Waals surface area contributed by atoms with Gasteiger partial charge in [-0.15, -0.1) is 0 Å². The van der Waals surface area contributed by atoms with Crippen LogP contribution in [0.25, 0.3) is 0 Å². The van der Waals surface area contributed by atoms with Gasteiger partial charge >= 0.3 is 0 Å². The van der Waals surface area contributed by atoms with Crippen LogP contribution in [-0.2, 0) is 4.79 Å². The molecule has 1 amide bonds. The van der Waals surface area contributed by atoms with E-state index in [1.807, 2.05) is 13.8 Å². The van der Waals surface area contributed by atoms with Crippen LogP contribution in [0.1, 0.15) is 25.5 Å². The maximum atomic E-state index is 13.4. The van der Waals surface area contributed by atoms with Gasteiger partial charge in [0.2, 0.25) is 5.91 Å². The monoisotopic (exact) mass is 339 g/mol. The highest BCUT2D eigenvalue weighted by molar-refractivity contribution is 7.99. The summed E-state index contributed by atoms with van der Waals surface area (Å²) in [5.41, 5.74) is 0.229. The Kier molecular flexibility index (Phi) is 5.49. The number of aromatic nitrogens is 2. The Morgan fingerprint density at radius 2 is 2.09 bits per heavy atom. The maximum absolute atomic E-state index is 13.4. The summed E-state index contributed by atoms with van der Waals surface area (Å²) >= 11 is 1.03. The average Bonchev–Trinajstić information content (AvgIpc) is 2.47. The molecule has 2 aromatic rings. The molecule has 2 N–H and O–H groups in total. The number of aromatic amines is 1. The lowest BCUT2D eigenvalue weighted by Crippen LogP contribution is -2.16.